The summed E-state index contributed by atoms with van der Waals surface area (Å²) in [6.07, 6.45) is -11.4. The molecule has 0 aliphatic carbocycles. The van der Waals surface area contributed by atoms with Crippen molar-refractivity contribution in [1.82, 2.24) is 0 Å². The molecule has 2 aliphatic rings. The fourth-order valence-corrected chi connectivity index (χ4v) is 3.74. The molecule has 0 fully saturated rings. The zero-order valence-corrected chi connectivity index (χ0v) is 11.9. The Morgan fingerprint density at radius 2 is 1.78 bits per heavy atom. The second-order valence-electron chi connectivity index (χ2n) is 5.02. The molecule has 1 aromatic carbocycles. The van der Waals surface area contributed by atoms with Gasteiger partial charge in [0.05, 0.1) is 11.8 Å². The van der Waals surface area contributed by atoms with Crippen LogP contribution in [-0.2, 0) is 0 Å². The average Bonchev–Trinajstić information content (AvgIpc) is 2.80. The summed E-state index contributed by atoms with van der Waals surface area (Å²) in [6.45, 7) is -0.724. The van der Waals surface area contributed by atoms with Crippen molar-refractivity contribution in [2.45, 2.75) is 22.8 Å². The van der Waals surface area contributed by atoms with Gasteiger partial charge >= 0.3 is 12.4 Å². The van der Waals surface area contributed by atoms with Crippen molar-refractivity contribution in [3.05, 3.63) is 24.3 Å². The van der Waals surface area contributed by atoms with Gasteiger partial charge in [-0.1, -0.05) is 12.1 Å². The van der Waals surface area contributed by atoms with E-state index in [0.29, 0.717) is 10.6 Å². The molecule has 0 bridgehead atoms. The highest BCUT2D eigenvalue weighted by Crippen LogP contribution is 2.55. The van der Waals surface area contributed by atoms with Gasteiger partial charge in [0, 0.05) is 11.4 Å². The van der Waals surface area contributed by atoms with Crippen LogP contribution in [0.5, 0.6) is 0 Å². The predicted octanol–water partition coefficient (Wildman–Crippen LogP) is 3.97. The zero-order chi connectivity index (χ0) is 17.0. The molecule has 0 saturated carbocycles. The molecule has 3 rings (SSSR count). The van der Waals surface area contributed by atoms with Gasteiger partial charge in [-0.3, -0.25) is 0 Å². The lowest BCUT2D eigenvalue weighted by atomic mass is 9.82. The van der Waals surface area contributed by atoms with E-state index in [-0.39, 0.29) is 0 Å². The summed E-state index contributed by atoms with van der Waals surface area (Å²) < 4.78 is 79.9. The van der Waals surface area contributed by atoms with Gasteiger partial charge in [0.15, 0.2) is 5.17 Å². The number of rotatable bonds is 0. The largest absolute Gasteiger partial charge is 0.424 e. The average molecular weight is 351 g/mol. The van der Waals surface area contributed by atoms with Crippen molar-refractivity contribution in [1.29, 1.82) is 5.26 Å². The number of alkyl halides is 6. The number of para-hydroxylation sites is 1. The lowest BCUT2D eigenvalue weighted by Crippen LogP contribution is -2.65. The Bertz CT molecular complexity index is 704. The number of thioether (sulfide) groups is 1. The molecule has 1 atom stereocenters. The van der Waals surface area contributed by atoms with Gasteiger partial charge in [0.1, 0.15) is 5.92 Å². The van der Waals surface area contributed by atoms with Crippen molar-refractivity contribution in [3.63, 3.8) is 0 Å². The maximum Gasteiger partial charge on any atom is 0.424 e. The van der Waals surface area contributed by atoms with E-state index >= 15 is 0 Å². The number of anilines is 1. The van der Waals surface area contributed by atoms with E-state index in [1.165, 1.54) is 4.90 Å². The highest BCUT2D eigenvalue weighted by Gasteiger charge is 2.77. The van der Waals surface area contributed by atoms with Crippen LogP contribution in [0.2, 0.25) is 0 Å². The Labute approximate surface area is 130 Å². The third kappa shape index (κ3) is 2.09. The molecule has 3 nitrogen and oxygen atoms in total. The van der Waals surface area contributed by atoms with Crippen molar-refractivity contribution in [2.75, 3.05) is 11.4 Å². The summed E-state index contributed by atoms with van der Waals surface area (Å²) in [5.74, 6) is -2.39. The first-order valence-corrected chi connectivity index (χ1v) is 7.11. The number of fused-ring (bicyclic) bond motifs is 3. The Balaban J connectivity index is 2.21. The molecule has 2 heterocycles. The quantitative estimate of drug-likeness (QED) is 0.664. The van der Waals surface area contributed by atoms with Gasteiger partial charge in [0.25, 0.3) is 5.54 Å². The maximum atomic E-state index is 13.3. The summed E-state index contributed by atoms with van der Waals surface area (Å²) in [7, 11) is 0. The van der Waals surface area contributed by atoms with E-state index in [1.807, 2.05) is 0 Å². The van der Waals surface area contributed by atoms with Crippen LogP contribution in [0.1, 0.15) is 0 Å². The fraction of sp³-hybridized carbons (Fsp3) is 0.385. The second-order valence-corrected chi connectivity index (χ2v) is 6.03. The summed E-state index contributed by atoms with van der Waals surface area (Å²) in [5.41, 5.74) is -3.95. The molecule has 0 saturated heterocycles. The Morgan fingerprint density at radius 1 is 1.17 bits per heavy atom. The van der Waals surface area contributed by atoms with E-state index in [0.717, 1.165) is 17.8 Å². The molecule has 0 radical (unpaired) electrons. The van der Waals surface area contributed by atoms with Crippen LogP contribution in [0.3, 0.4) is 0 Å². The van der Waals surface area contributed by atoms with Gasteiger partial charge in [-0.2, -0.15) is 31.6 Å². The van der Waals surface area contributed by atoms with Crippen LogP contribution in [0.4, 0.5) is 32.0 Å². The summed E-state index contributed by atoms with van der Waals surface area (Å²) >= 11 is 0.734. The van der Waals surface area contributed by atoms with Gasteiger partial charge < -0.3 is 4.90 Å². The van der Waals surface area contributed by atoms with Crippen molar-refractivity contribution >= 4 is 22.6 Å². The molecule has 1 aromatic rings. The predicted molar refractivity (Wildman–Crippen MR) is 71.0 cm³/mol. The van der Waals surface area contributed by atoms with E-state index < -0.39 is 35.5 Å². The van der Waals surface area contributed by atoms with Gasteiger partial charge in [-0.25, -0.2) is 4.99 Å². The lowest BCUT2D eigenvalue weighted by molar-refractivity contribution is -0.305. The van der Waals surface area contributed by atoms with Gasteiger partial charge in [0.2, 0.25) is 0 Å². The highest BCUT2D eigenvalue weighted by atomic mass is 32.2. The highest BCUT2D eigenvalue weighted by molar-refractivity contribution is 8.14. The monoisotopic (exact) mass is 351 g/mol. The minimum atomic E-state index is -5.72. The molecule has 23 heavy (non-hydrogen) atoms. The van der Waals surface area contributed by atoms with E-state index in [1.54, 1.807) is 24.3 Å². The molecule has 0 aromatic heterocycles. The Morgan fingerprint density at radius 3 is 2.35 bits per heavy atom. The number of halogens is 6. The topological polar surface area (TPSA) is 39.4 Å². The first-order valence-electron chi connectivity index (χ1n) is 6.29. The van der Waals surface area contributed by atoms with E-state index in [9.17, 15) is 26.3 Å². The maximum absolute atomic E-state index is 13.3. The molecule has 0 spiro atoms. The summed E-state index contributed by atoms with van der Waals surface area (Å²) in [5, 5.41) is 8.57. The normalized spacial score (nSPS) is 22.9. The number of benzene rings is 1. The zero-order valence-electron chi connectivity index (χ0n) is 11.1. The smallest absolute Gasteiger partial charge is 0.318 e. The van der Waals surface area contributed by atoms with Crippen LogP contribution in [0, 0.1) is 17.2 Å². The lowest BCUT2D eigenvalue weighted by Gasteiger charge is -2.42. The first kappa shape index (κ1) is 16.0. The number of aliphatic imine (C=N–C) groups is 1. The minimum Gasteiger partial charge on any atom is -0.318 e. The Hall–Kier alpha value is -1.89. The van der Waals surface area contributed by atoms with Crippen LogP contribution in [-0.4, -0.2) is 29.6 Å². The van der Waals surface area contributed by atoms with E-state index in [2.05, 4.69) is 4.99 Å². The SMILES string of the molecule is N#CC1CN2C(=NC1(C(F)(F)F)C(F)(F)F)Sc1ccccc12. The molecular formula is C13H7F6N3S. The number of amidine groups is 1. The number of nitrogens with zero attached hydrogens (tertiary/aromatic N) is 3. The third-order valence-corrected chi connectivity index (χ3v) is 4.81. The molecular weight excluding hydrogens is 344 g/mol. The number of hydrogen-bond donors (Lipinski definition) is 0. The van der Waals surface area contributed by atoms with Crippen LogP contribution in [0.25, 0.3) is 0 Å². The molecule has 2 aliphatic heterocycles. The molecule has 10 heteroatoms. The van der Waals surface area contributed by atoms with Crippen LogP contribution >= 0.6 is 11.8 Å². The molecule has 122 valence electrons. The van der Waals surface area contributed by atoms with Crippen molar-refractivity contribution in [2.24, 2.45) is 10.9 Å². The molecule has 1 unspecified atom stereocenters. The van der Waals surface area contributed by atoms with Gasteiger partial charge in [-0.15, -0.1) is 0 Å². The van der Waals surface area contributed by atoms with Crippen molar-refractivity contribution < 1.29 is 26.3 Å². The first-order chi connectivity index (χ1) is 10.6. The molecule has 0 N–H and O–H groups in total. The second kappa shape index (κ2) is 4.80. The summed E-state index contributed by atoms with van der Waals surface area (Å²) in [4.78, 5) is 4.75. The third-order valence-electron chi connectivity index (χ3n) is 3.75. The summed E-state index contributed by atoms with van der Waals surface area (Å²) in [6, 6.07) is 7.52. The standard InChI is InChI=1S/C13H7F6N3S/c14-12(15,16)11(13(17,18)19)7(5-20)6-22-8-3-1-2-4-9(8)23-10(22)21-11/h1-4,7H,6H2. The van der Waals surface area contributed by atoms with Crippen LogP contribution < -0.4 is 4.90 Å². The minimum absolute atomic E-state index is 0.396. The number of nitriles is 1. The Kier molecular flexibility index (Phi) is 3.34. The van der Waals surface area contributed by atoms with Crippen LogP contribution in [0.15, 0.2) is 34.2 Å². The van der Waals surface area contributed by atoms with Gasteiger partial charge in [-0.05, 0) is 23.9 Å². The fourth-order valence-electron chi connectivity index (χ4n) is 2.64. The number of hydrogen-bond acceptors (Lipinski definition) is 4. The van der Waals surface area contributed by atoms with E-state index in [4.69, 9.17) is 5.26 Å². The molecule has 0 amide bonds. The van der Waals surface area contributed by atoms with Crippen molar-refractivity contribution in [3.8, 4) is 6.07 Å².